The molecule has 0 N–H and O–H groups in total. The third-order valence-corrected chi connectivity index (χ3v) is 4.44. The molecule has 2 aromatic carbocycles. The van der Waals surface area contributed by atoms with Crippen LogP contribution in [0.2, 0.25) is 0 Å². The van der Waals surface area contributed by atoms with E-state index in [0.29, 0.717) is 27.6 Å². The molecule has 1 heterocycles. The van der Waals surface area contributed by atoms with Crippen LogP contribution in [0.3, 0.4) is 0 Å². The van der Waals surface area contributed by atoms with E-state index in [9.17, 15) is 4.79 Å². The van der Waals surface area contributed by atoms with E-state index in [4.69, 9.17) is 4.74 Å². The van der Waals surface area contributed by atoms with Crippen LogP contribution in [0.1, 0.15) is 13.8 Å². The van der Waals surface area contributed by atoms with E-state index in [2.05, 4.69) is 18.8 Å². The minimum atomic E-state index is -0.0967. The lowest BCUT2D eigenvalue weighted by atomic mass is 10.2. The lowest BCUT2D eigenvalue weighted by molar-refractivity contribution is 0.412. The van der Waals surface area contributed by atoms with Crippen molar-refractivity contribution in [3.05, 3.63) is 59.1 Å². The molecular weight excluding hydrogens is 308 g/mol. The number of aromatic nitrogens is 2. The Morgan fingerprint density at radius 3 is 2.70 bits per heavy atom. The number of hydrogen-bond acceptors (Lipinski definition) is 4. The minimum Gasteiger partial charge on any atom is -0.495 e. The largest absolute Gasteiger partial charge is 0.495 e. The standard InChI is InChI=1S/C18H18N2O2S/c1-12(2)23-13-8-9-14-15(10-13)19-11-20(18(14)21)16-6-4-5-7-17(16)22-3/h4-12H,1-3H3. The predicted octanol–water partition coefficient (Wildman–Crippen LogP) is 3.89. The Hall–Kier alpha value is -2.27. The predicted molar refractivity (Wildman–Crippen MR) is 94.9 cm³/mol. The number of methoxy groups -OCH3 is 1. The SMILES string of the molecule is COc1ccccc1-n1cnc2cc(SC(C)C)ccc2c1=O. The highest BCUT2D eigenvalue weighted by atomic mass is 32.2. The minimum absolute atomic E-state index is 0.0967. The smallest absolute Gasteiger partial charge is 0.265 e. The third kappa shape index (κ3) is 3.10. The number of thioether (sulfide) groups is 1. The molecule has 0 bridgehead atoms. The van der Waals surface area contributed by atoms with Crippen molar-refractivity contribution in [1.82, 2.24) is 9.55 Å². The Kier molecular flexibility index (Phi) is 4.39. The molecule has 0 aliphatic rings. The zero-order chi connectivity index (χ0) is 16.4. The van der Waals surface area contributed by atoms with Crippen molar-refractivity contribution in [3.8, 4) is 11.4 Å². The second-order valence-electron chi connectivity index (χ2n) is 5.44. The molecule has 23 heavy (non-hydrogen) atoms. The Morgan fingerprint density at radius 1 is 1.17 bits per heavy atom. The highest BCUT2D eigenvalue weighted by Crippen LogP contribution is 2.26. The number of benzene rings is 2. The van der Waals surface area contributed by atoms with Gasteiger partial charge >= 0.3 is 0 Å². The van der Waals surface area contributed by atoms with Gasteiger partial charge in [0.1, 0.15) is 12.1 Å². The monoisotopic (exact) mass is 326 g/mol. The molecule has 118 valence electrons. The summed E-state index contributed by atoms with van der Waals surface area (Å²) in [5, 5.41) is 1.09. The van der Waals surface area contributed by atoms with Crippen LogP contribution >= 0.6 is 11.8 Å². The summed E-state index contributed by atoms with van der Waals surface area (Å²) >= 11 is 1.76. The summed E-state index contributed by atoms with van der Waals surface area (Å²) in [4.78, 5) is 18.4. The Morgan fingerprint density at radius 2 is 1.96 bits per heavy atom. The Bertz CT molecular complexity index is 903. The van der Waals surface area contributed by atoms with Gasteiger partial charge in [0.15, 0.2) is 0 Å². The zero-order valence-electron chi connectivity index (χ0n) is 13.3. The van der Waals surface area contributed by atoms with Crippen LogP contribution in [0.25, 0.3) is 16.6 Å². The lowest BCUT2D eigenvalue weighted by Gasteiger charge is -2.11. The first kappa shape index (κ1) is 15.6. The maximum absolute atomic E-state index is 12.8. The van der Waals surface area contributed by atoms with Crippen LogP contribution in [0, 0.1) is 0 Å². The maximum atomic E-state index is 12.8. The molecule has 0 saturated carbocycles. The third-order valence-electron chi connectivity index (χ3n) is 3.45. The van der Waals surface area contributed by atoms with Crippen LogP contribution in [0.15, 0.2) is 58.5 Å². The van der Waals surface area contributed by atoms with Crippen molar-refractivity contribution < 1.29 is 4.74 Å². The van der Waals surface area contributed by atoms with Crippen molar-refractivity contribution in [2.45, 2.75) is 24.0 Å². The molecule has 0 radical (unpaired) electrons. The maximum Gasteiger partial charge on any atom is 0.265 e. The van der Waals surface area contributed by atoms with Gasteiger partial charge in [0, 0.05) is 10.1 Å². The number of fused-ring (bicyclic) bond motifs is 1. The first-order valence-electron chi connectivity index (χ1n) is 7.41. The summed E-state index contributed by atoms with van der Waals surface area (Å²) < 4.78 is 6.86. The first-order valence-corrected chi connectivity index (χ1v) is 8.29. The van der Waals surface area contributed by atoms with Gasteiger partial charge in [0.25, 0.3) is 5.56 Å². The summed E-state index contributed by atoms with van der Waals surface area (Å²) in [5.41, 5.74) is 1.31. The average Bonchev–Trinajstić information content (AvgIpc) is 2.54. The Labute approximate surface area is 139 Å². The molecule has 0 fully saturated rings. The van der Waals surface area contributed by atoms with Crippen LogP contribution in [-0.2, 0) is 0 Å². The van der Waals surface area contributed by atoms with Gasteiger partial charge < -0.3 is 4.74 Å². The van der Waals surface area contributed by atoms with Gasteiger partial charge in [-0.15, -0.1) is 11.8 Å². The fourth-order valence-corrected chi connectivity index (χ4v) is 3.32. The van der Waals surface area contributed by atoms with E-state index < -0.39 is 0 Å². The first-order chi connectivity index (χ1) is 11.1. The molecule has 0 atom stereocenters. The molecule has 0 unspecified atom stereocenters. The van der Waals surface area contributed by atoms with Crippen molar-refractivity contribution in [2.75, 3.05) is 7.11 Å². The molecular formula is C18H18N2O2S. The number of para-hydroxylation sites is 2. The molecule has 4 nitrogen and oxygen atoms in total. The van der Waals surface area contributed by atoms with Crippen LogP contribution in [0.5, 0.6) is 5.75 Å². The summed E-state index contributed by atoms with van der Waals surface area (Å²) in [7, 11) is 1.59. The van der Waals surface area contributed by atoms with Crippen LogP contribution < -0.4 is 10.3 Å². The normalized spacial score (nSPS) is 11.1. The van der Waals surface area contributed by atoms with Crippen LogP contribution in [0.4, 0.5) is 0 Å². The van der Waals surface area contributed by atoms with Gasteiger partial charge in [-0.1, -0.05) is 26.0 Å². The van der Waals surface area contributed by atoms with Gasteiger partial charge in [-0.05, 0) is 30.3 Å². The van der Waals surface area contributed by atoms with E-state index in [-0.39, 0.29) is 5.56 Å². The van der Waals surface area contributed by atoms with Crippen molar-refractivity contribution in [2.24, 2.45) is 0 Å². The van der Waals surface area contributed by atoms with E-state index in [0.717, 1.165) is 4.90 Å². The Balaban J connectivity index is 2.14. The van der Waals surface area contributed by atoms with E-state index >= 15 is 0 Å². The van der Waals surface area contributed by atoms with Crippen molar-refractivity contribution in [1.29, 1.82) is 0 Å². The van der Waals surface area contributed by atoms with E-state index in [1.807, 2.05) is 42.5 Å². The van der Waals surface area contributed by atoms with Gasteiger partial charge in [0.05, 0.1) is 23.7 Å². The summed E-state index contributed by atoms with van der Waals surface area (Å²) in [6.07, 6.45) is 1.56. The zero-order valence-corrected chi connectivity index (χ0v) is 14.1. The summed E-state index contributed by atoms with van der Waals surface area (Å²) in [6.45, 7) is 4.28. The van der Waals surface area contributed by atoms with Crippen molar-refractivity contribution >= 4 is 22.7 Å². The fourth-order valence-electron chi connectivity index (χ4n) is 2.45. The highest BCUT2D eigenvalue weighted by molar-refractivity contribution is 7.99. The average molecular weight is 326 g/mol. The molecule has 0 amide bonds. The number of hydrogen-bond donors (Lipinski definition) is 0. The fraction of sp³-hybridized carbons (Fsp3) is 0.222. The number of nitrogens with zero attached hydrogens (tertiary/aromatic N) is 2. The van der Waals surface area contributed by atoms with E-state index in [1.54, 1.807) is 25.2 Å². The quantitative estimate of drug-likeness (QED) is 0.682. The number of rotatable bonds is 4. The molecule has 0 saturated heterocycles. The molecule has 0 aliphatic carbocycles. The molecule has 0 aliphatic heterocycles. The number of ether oxygens (including phenoxy) is 1. The van der Waals surface area contributed by atoms with Gasteiger partial charge in [0.2, 0.25) is 0 Å². The van der Waals surface area contributed by atoms with Crippen molar-refractivity contribution in [3.63, 3.8) is 0 Å². The molecule has 1 aromatic heterocycles. The summed E-state index contributed by atoms with van der Waals surface area (Å²) in [6, 6.07) is 13.2. The topological polar surface area (TPSA) is 44.1 Å². The van der Waals surface area contributed by atoms with Gasteiger partial charge in [-0.2, -0.15) is 0 Å². The highest BCUT2D eigenvalue weighted by Gasteiger charge is 2.10. The molecule has 0 spiro atoms. The van der Waals surface area contributed by atoms with E-state index in [1.165, 1.54) is 4.57 Å². The second kappa shape index (κ2) is 6.46. The van der Waals surface area contributed by atoms with Gasteiger partial charge in [-0.25, -0.2) is 4.98 Å². The van der Waals surface area contributed by atoms with Crippen LogP contribution in [-0.4, -0.2) is 21.9 Å². The lowest BCUT2D eigenvalue weighted by Crippen LogP contribution is -2.19. The van der Waals surface area contributed by atoms with Gasteiger partial charge in [-0.3, -0.25) is 9.36 Å². The molecule has 5 heteroatoms. The molecule has 3 aromatic rings. The summed E-state index contributed by atoms with van der Waals surface area (Å²) in [5.74, 6) is 0.641. The molecule has 3 rings (SSSR count). The second-order valence-corrected chi connectivity index (χ2v) is 7.09.